The number of benzene rings is 1. The maximum atomic E-state index is 13.3. The van der Waals surface area contributed by atoms with Crippen molar-refractivity contribution in [1.29, 1.82) is 0 Å². The van der Waals surface area contributed by atoms with Crippen molar-refractivity contribution in [3.63, 3.8) is 0 Å². The number of carbonyl (C=O) groups excluding carboxylic acids is 1. The van der Waals surface area contributed by atoms with Gasteiger partial charge in [0.1, 0.15) is 0 Å². The van der Waals surface area contributed by atoms with Gasteiger partial charge in [0.25, 0.3) is 0 Å². The normalized spacial score (nSPS) is 11.4. The maximum Gasteiger partial charge on any atom is 0.231 e. The van der Waals surface area contributed by atoms with Crippen molar-refractivity contribution < 1.29 is 18.0 Å². The third kappa shape index (κ3) is 2.76. The van der Waals surface area contributed by atoms with Gasteiger partial charge in [-0.2, -0.15) is 0 Å². The Morgan fingerprint density at radius 2 is 1.88 bits per heavy atom. The first kappa shape index (κ1) is 13.5. The molecule has 0 saturated heterocycles. The summed E-state index contributed by atoms with van der Waals surface area (Å²) in [4.78, 5) is 11.6. The lowest BCUT2D eigenvalue weighted by atomic mass is 9.92. The Balaban J connectivity index is 2.98. The van der Waals surface area contributed by atoms with Crippen LogP contribution in [0.2, 0.25) is 0 Å². The molecule has 0 fully saturated rings. The smallest absolute Gasteiger partial charge is 0.231 e. The van der Waals surface area contributed by atoms with E-state index in [0.717, 1.165) is 12.1 Å². The summed E-state index contributed by atoms with van der Waals surface area (Å²) in [5.74, 6) is -4.91. The van der Waals surface area contributed by atoms with E-state index < -0.39 is 34.5 Å². The van der Waals surface area contributed by atoms with Crippen LogP contribution in [0.5, 0.6) is 0 Å². The predicted octanol–water partition coefficient (Wildman–Crippen LogP) is 2.03. The van der Waals surface area contributed by atoms with Gasteiger partial charge in [-0.1, -0.05) is 0 Å². The molecule has 0 unspecified atom stereocenters. The highest BCUT2D eigenvalue weighted by Crippen LogP contribution is 2.22. The van der Waals surface area contributed by atoms with E-state index in [4.69, 9.17) is 5.73 Å². The molecule has 0 heterocycles. The van der Waals surface area contributed by atoms with Gasteiger partial charge < -0.3 is 11.1 Å². The van der Waals surface area contributed by atoms with Gasteiger partial charge in [0, 0.05) is 6.54 Å². The van der Waals surface area contributed by atoms with E-state index in [1.165, 1.54) is 0 Å². The second-order valence-corrected chi connectivity index (χ2v) is 4.27. The summed E-state index contributed by atoms with van der Waals surface area (Å²) in [6.45, 7) is 3.16. The van der Waals surface area contributed by atoms with Gasteiger partial charge in [0.15, 0.2) is 17.5 Å². The molecule has 0 spiro atoms. The van der Waals surface area contributed by atoms with Crippen molar-refractivity contribution in [2.75, 3.05) is 11.9 Å². The molecule has 1 amide bonds. The van der Waals surface area contributed by atoms with Gasteiger partial charge in [0.2, 0.25) is 5.91 Å². The van der Waals surface area contributed by atoms with Crippen LogP contribution in [-0.2, 0) is 4.79 Å². The zero-order chi connectivity index (χ0) is 13.2. The summed E-state index contributed by atoms with van der Waals surface area (Å²) in [6, 6.07) is 1.70. The molecular formula is C11H13F3N2O. The van der Waals surface area contributed by atoms with Crippen molar-refractivity contribution in [2.45, 2.75) is 13.8 Å². The second-order valence-electron chi connectivity index (χ2n) is 4.27. The van der Waals surface area contributed by atoms with Gasteiger partial charge in [0.05, 0.1) is 11.1 Å². The molecule has 1 aromatic carbocycles. The number of amides is 1. The highest BCUT2D eigenvalue weighted by Gasteiger charge is 2.27. The molecule has 0 radical (unpaired) electrons. The van der Waals surface area contributed by atoms with Crippen molar-refractivity contribution >= 4 is 11.6 Å². The minimum atomic E-state index is -1.62. The molecule has 3 N–H and O–H groups in total. The third-order valence-electron chi connectivity index (χ3n) is 2.41. The minimum Gasteiger partial charge on any atom is -0.329 e. The Kier molecular flexibility index (Phi) is 3.77. The van der Waals surface area contributed by atoms with Crippen LogP contribution in [-0.4, -0.2) is 12.5 Å². The SMILES string of the molecule is CC(C)(CN)C(=O)Nc1ccc(F)c(F)c1F. The molecule has 94 valence electrons. The number of halogens is 3. The number of carbonyl (C=O) groups is 1. The summed E-state index contributed by atoms with van der Waals surface area (Å²) in [5, 5.41) is 2.17. The molecule has 0 aliphatic rings. The molecular weight excluding hydrogens is 233 g/mol. The van der Waals surface area contributed by atoms with Gasteiger partial charge >= 0.3 is 0 Å². The quantitative estimate of drug-likeness (QED) is 0.802. The first-order valence-corrected chi connectivity index (χ1v) is 4.94. The van der Waals surface area contributed by atoms with Crippen LogP contribution in [0.1, 0.15) is 13.8 Å². The van der Waals surface area contributed by atoms with Crippen LogP contribution < -0.4 is 11.1 Å². The standard InChI is InChI=1S/C11H13F3N2O/c1-11(2,5-15)10(17)16-7-4-3-6(12)8(13)9(7)14/h3-4H,5,15H2,1-2H3,(H,16,17). The molecule has 0 bridgehead atoms. The van der Waals surface area contributed by atoms with Crippen molar-refractivity contribution in [1.82, 2.24) is 0 Å². The summed E-state index contributed by atoms with van der Waals surface area (Å²) in [5.41, 5.74) is 4.04. The molecule has 17 heavy (non-hydrogen) atoms. The lowest BCUT2D eigenvalue weighted by molar-refractivity contribution is -0.123. The lowest BCUT2D eigenvalue weighted by Crippen LogP contribution is -2.37. The van der Waals surface area contributed by atoms with Gasteiger partial charge in [-0.3, -0.25) is 4.79 Å². The Morgan fingerprint density at radius 1 is 1.29 bits per heavy atom. The molecule has 0 aliphatic carbocycles. The fourth-order valence-corrected chi connectivity index (χ4v) is 1.01. The van der Waals surface area contributed by atoms with Crippen LogP contribution in [0.25, 0.3) is 0 Å². The Labute approximate surface area is 96.8 Å². The van der Waals surface area contributed by atoms with E-state index in [0.29, 0.717) is 0 Å². The number of hydrogen-bond donors (Lipinski definition) is 2. The highest BCUT2D eigenvalue weighted by molar-refractivity contribution is 5.95. The molecule has 6 heteroatoms. The van der Waals surface area contributed by atoms with Crippen LogP contribution in [0.4, 0.5) is 18.9 Å². The van der Waals surface area contributed by atoms with Crippen LogP contribution in [0.3, 0.4) is 0 Å². The monoisotopic (exact) mass is 246 g/mol. The van der Waals surface area contributed by atoms with Crippen LogP contribution in [0, 0.1) is 22.9 Å². The molecule has 1 aromatic rings. The number of anilines is 1. The van der Waals surface area contributed by atoms with Crippen molar-refractivity contribution in [3.8, 4) is 0 Å². The molecule has 0 aromatic heterocycles. The van der Waals surface area contributed by atoms with Crippen molar-refractivity contribution in [3.05, 3.63) is 29.6 Å². The van der Waals surface area contributed by atoms with Crippen molar-refractivity contribution in [2.24, 2.45) is 11.1 Å². The number of nitrogens with one attached hydrogen (secondary N) is 1. The molecule has 0 aliphatic heterocycles. The first-order valence-electron chi connectivity index (χ1n) is 4.94. The fourth-order valence-electron chi connectivity index (χ4n) is 1.01. The van der Waals surface area contributed by atoms with Crippen LogP contribution >= 0.6 is 0 Å². The fraction of sp³-hybridized carbons (Fsp3) is 0.364. The Morgan fingerprint density at radius 3 is 2.41 bits per heavy atom. The van der Waals surface area contributed by atoms with E-state index in [1.54, 1.807) is 13.8 Å². The highest BCUT2D eigenvalue weighted by atomic mass is 19.2. The number of hydrogen-bond acceptors (Lipinski definition) is 2. The van der Waals surface area contributed by atoms with E-state index >= 15 is 0 Å². The molecule has 0 saturated carbocycles. The third-order valence-corrected chi connectivity index (χ3v) is 2.41. The summed E-state index contributed by atoms with van der Waals surface area (Å²) in [6.07, 6.45) is 0. The molecule has 0 atom stereocenters. The summed E-state index contributed by atoms with van der Waals surface area (Å²) < 4.78 is 38.8. The van der Waals surface area contributed by atoms with Gasteiger partial charge in [-0.05, 0) is 26.0 Å². The van der Waals surface area contributed by atoms with Gasteiger partial charge in [-0.25, -0.2) is 13.2 Å². The average molecular weight is 246 g/mol. The van der Waals surface area contributed by atoms with E-state index in [-0.39, 0.29) is 6.54 Å². The minimum absolute atomic E-state index is 0.0458. The van der Waals surface area contributed by atoms with Crippen LogP contribution in [0.15, 0.2) is 12.1 Å². The number of rotatable bonds is 3. The summed E-state index contributed by atoms with van der Waals surface area (Å²) >= 11 is 0. The topological polar surface area (TPSA) is 55.1 Å². The first-order chi connectivity index (χ1) is 7.79. The van der Waals surface area contributed by atoms with E-state index in [1.807, 2.05) is 0 Å². The lowest BCUT2D eigenvalue weighted by Gasteiger charge is -2.21. The van der Waals surface area contributed by atoms with Gasteiger partial charge in [-0.15, -0.1) is 0 Å². The zero-order valence-electron chi connectivity index (χ0n) is 9.48. The number of nitrogens with two attached hydrogens (primary N) is 1. The molecule has 1 rings (SSSR count). The average Bonchev–Trinajstić information content (AvgIpc) is 2.29. The largest absolute Gasteiger partial charge is 0.329 e. The zero-order valence-corrected chi connectivity index (χ0v) is 9.48. The Hall–Kier alpha value is -1.56. The maximum absolute atomic E-state index is 13.3. The van der Waals surface area contributed by atoms with E-state index in [9.17, 15) is 18.0 Å². The second kappa shape index (κ2) is 4.75. The van der Waals surface area contributed by atoms with E-state index in [2.05, 4.69) is 5.32 Å². The predicted molar refractivity (Wildman–Crippen MR) is 57.8 cm³/mol. The summed E-state index contributed by atoms with van der Waals surface area (Å²) in [7, 11) is 0. The molecule has 3 nitrogen and oxygen atoms in total. The Bertz CT molecular complexity index is 447.